The first-order valence-corrected chi connectivity index (χ1v) is 38.0. The second-order valence-electron chi connectivity index (χ2n) is 26.4. The van der Waals surface area contributed by atoms with Crippen LogP contribution in [0.15, 0.2) is 437 Å². The third-order valence-corrected chi connectivity index (χ3v) is 23.1. The fraction of sp³-hybridized carbons (Fsp3) is 0.0204. The highest BCUT2D eigenvalue weighted by atomic mass is 79.9. The standard InChI is InChI=1S/C49H34N2S.C25H19N.C24H16BrNS/c1-3-15-35(16-4-1)49(36-17-5-2-6-18-36)43-21-9-13-25-47(43)51(48-26-14-10-22-44(48)49)38-29-33-40(34-30-38)52-39-31-27-37(28-32-39)50-45-23-11-7-19-41(45)42-20-8-12-24-46(42)50;1-3-11-19(12-4-1)25(20-13-5-2-6-14-20)21-15-7-9-17-23(21)26-24-18-10-8-16-22(24)25;25-17-9-13-19(14-10-17)27-20-15-11-18(12-16-20)26-23-7-3-1-5-21(23)22-6-2-4-8-24(22)26/h1-34H;1-18,26H;1-16H. The molecule has 1 N–H and O–H groups in total. The van der Waals surface area contributed by atoms with E-state index in [0.29, 0.717) is 0 Å². The minimum atomic E-state index is -0.465. The summed E-state index contributed by atoms with van der Waals surface area (Å²) < 4.78 is 5.82. The van der Waals surface area contributed by atoms with E-state index in [-0.39, 0.29) is 5.41 Å². The van der Waals surface area contributed by atoms with Crippen LogP contribution in [0.2, 0.25) is 0 Å². The number of hydrogen-bond donors (Lipinski definition) is 1. The number of hydrogen-bond acceptors (Lipinski definition) is 4. The fourth-order valence-electron chi connectivity index (χ4n) is 16.1. The summed E-state index contributed by atoms with van der Waals surface area (Å²) in [5.41, 5.74) is 22.6. The number of rotatable bonds is 11. The molecule has 500 valence electrons. The van der Waals surface area contributed by atoms with Gasteiger partial charge in [0.15, 0.2) is 0 Å². The molecule has 0 unspecified atom stereocenters. The van der Waals surface area contributed by atoms with Crippen LogP contribution in [0.25, 0.3) is 55.0 Å². The van der Waals surface area contributed by atoms with Crippen LogP contribution >= 0.6 is 39.5 Å². The van der Waals surface area contributed by atoms with Crippen LogP contribution in [0.5, 0.6) is 0 Å². The van der Waals surface area contributed by atoms with Crippen molar-refractivity contribution in [2.24, 2.45) is 0 Å². The van der Waals surface area contributed by atoms with Crippen LogP contribution in [0.1, 0.15) is 44.5 Å². The third-order valence-electron chi connectivity index (χ3n) is 20.6. The van der Waals surface area contributed by atoms with E-state index >= 15 is 0 Å². The summed E-state index contributed by atoms with van der Waals surface area (Å²) in [6, 6.07) is 149. The Labute approximate surface area is 629 Å². The molecule has 18 aromatic rings. The van der Waals surface area contributed by atoms with E-state index < -0.39 is 5.41 Å². The molecule has 0 radical (unpaired) electrons. The molecule has 16 aromatic carbocycles. The van der Waals surface area contributed by atoms with Gasteiger partial charge in [-0.1, -0.05) is 306 Å². The van der Waals surface area contributed by atoms with Crippen LogP contribution in [-0.4, -0.2) is 9.13 Å². The summed E-state index contributed by atoms with van der Waals surface area (Å²) in [7, 11) is 0. The summed E-state index contributed by atoms with van der Waals surface area (Å²) in [6.07, 6.45) is 0. The molecular formula is C98H69BrN4S2. The number of nitrogens with zero attached hydrogens (tertiary/aromatic N) is 3. The van der Waals surface area contributed by atoms with Crippen molar-refractivity contribution in [3.8, 4) is 11.4 Å². The molecule has 20 rings (SSSR count). The molecule has 4 nitrogen and oxygen atoms in total. The van der Waals surface area contributed by atoms with E-state index in [9.17, 15) is 0 Å². The van der Waals surface area contributed by atoms with Crippen molar-refractivity contribution >= 4 is 112 Å². The predicted molar refractivity (Wildman–Crippen MR) is 445 cm³/mol. The van der Waals surface area contributed by atoms with E-state index in [2.05, 4.69) is 448 Å². The van der Waals surface area contributed by atoms with Crippen molar-refractivity contribution in [2.45, 2.75) is 30.4 Å². The summed E-state index contributed by atoms with van der Waals surface area (Å²) in [5.74, 6) is 0. The van der Waals surface area contributed by atoms with Gasteiger partial charge in [0.1, 0.15) is 0 Å². The van der Waals surface area contributed by atoms with Crippen molar-refractivity contribution in [3.05, 3.63) is 461 Å². The van der Waals surface area contributed by atoms with Crippen molar-refractivity contribution in [1.29, 1.82) is 0 Å². The van der Waals surface area contributed by atoms with E-state index in [4.69, 9.17) is 0 Å². The van der Waals surface area contributed by atoms with Crippen molar-refractivity contribution in [1.82, 2.24) is 9.13 Å². The molecule has 0 fully saturated rings. The van der Waals surface area contributed by atoms with Gasteiger partial charge in [0.25, 0.3) is 0 Å². The average Bonchev–Trinajstić information content (AvgIpc) is 1.70. The largest absolute Gasteiger partial charge is 0.355 e. The lowest BCUT2D eigenvalue weighted by atomic mass is 9.62. The van der Waals surface area contributed by atoms with Gasteiger partial charge < -0.3 is 19.4 Å². The maximum absolute atomic E-state index is 3.63. The van der Waals surface area contributed by atoms with Gasteiger partial charge in [-0.15, -0.1) is 0 Å². The number of aromatic nitrogens is 2. The van der Waals surface area contributed by atoms with Crippen LogP contribution in [0.4, 0.5) is 28.4 Å². The molecule has 2 aliphatic rings. The van der Waals surface area contributed by atoms with Crippen molar-refractivity contribution in [2.75, 3.05) is 10.2 Å². The third kappa shape index (κ3) is 11.7. The Morgan fingerprint density at radius 2 is 0.486 bits per heavy atom. The zero-order valence-electron chi connectivity index (χ0n) is 57.3. The second-order valence-corrected chi connectivity index (χ2v) is 29.6. The first kappa shape index (κ1) is 65.0. The first-order chi connectivity index (χ1) is 52.0. The minimum Gasteiger partial charge on any atom is -0.355 e. The topological polar surface area (TPSA) is 25.1 Å². The molecular weight excluding hydrogens is 1380 g/mol. The maximum Gasteiger partial charge on any atom is 0.0742 e. The average molecular weight is 1450 g/mol. The smallest absolute Gasteiger partial charge is 0.0742 e. The van der Waals surface area contributed by atoms with Crippen molar-refractivity contribution in [3.63, 3.8) is 0 Å². The van der Waals surface area contributed by atoms with Gasteiger partial charge in [-0.05, 0) is 190 Å². The summed E-state index contributed by atoms with van der Waals surface area (Å²) in [4.78, 5) is 7.32. The number of fused-ring (bicyclic) bond motifs is 10. The summed E-state index contributed by atoms with van der Waals surface area (Å²) in [5, 5.41) is 8.78. The molecule has 105 heavy (non-hydrogen) atoms. The Morgan fingerprint density at radius 3 is 0.829 bits per heavy atom. The van der Waals surface area contributed by atoms with Gasteiger partial charge in [0, 0.05) is 74.0 Å². The highest BCUT2D eigenvalue weighted by molar-refractivity contribution is 9.10. The fourth-order valence-corrected chi connectivity index (χ4v) is 18.0. The molecule has 2 aromatic heterocycles. The molecule has 0 amide bonds. The number of para-hydroxylation sites is 8. The SMILES string of the molecule is Brc1ccc(Sc2ccc(-n3c4ccccc4c4ccccc43)cc2)cc1.c1ccc(C2(c3ccccc3)c3ccccc3N(c3ccc(Sc4ccc(-n5c6ccccc6c6ccccc65)cc4)cc3)c3ccccc32)cc1.c1ccc(C2(c3ccccc3)c3ccccc3Nc3ccccc32)cc1. The number of anilines is 5. The number of halogens is 1. The van der Waals surface area contributed by atoms with Crippen LogP contribution < -0.4 is 10.2 Å². The van der Waals surface area contributed by atoms with Gasteiger partial charge in [-0.2, -0.15) is 0 Å². The van der Waals surface area contributed by atoms with E-state index in [0.717, 1.165) is 10.2 Å². The molecule has 0 atom stereocenters. The number of nitrogens with one attached hydrogen (secondary N) is 1. The summed E-state index contributed by atoms with van der Waals surface area (Å²) in [6.45, 7) is 0. The molecule has 0 aliphatic carbocycles. The molecule has 0 saturated carbocycles. The zero-order chi connectivity index (χ0) is 70.1. The maximum atomic E-state index is 3.63. The predicted octanol–water partition coefficient (Wildman–Crippen LogP) is 26.9. The Hall–Kier alpha value is -12.1. The molecule has 2 aliphatic heterocycles. The van der Waals surface area contributed by atoms with E-state index in [1.807, 2.05) is 0 Å². The Balaban J connectivity index is 0.000000124. The van der Waals surface area contributed by atoms with Crippen LogP contribution in [-0.2, 0) is 10.8 Å². The number of benzene rings is 16. The van der Waals surface area contributed by atoms with E-state index in [1.165, 1.54) is 142 Å². The van der Waals surface area contributed by atoms with E-state index in [1.54, 1.807) is 23.5 Å². The molecule has 0 spiro atoms. The molecule has 0 saturated heterocycles. The monoisotopic (exact) mass is 1440 g/mol. The van der Waals surface area contributed by atoms with Gasteiger partial charge in [-0.25, -0.2) is 0 Å². The highest BCUT2D eigenvalue weighted by Gasteiger charge is 2.47. The van der Waals surface area contributed by atoms with Gasteiger partial charge in [0.05, 0.1) is 44.3 Å². The van der Waals surface area contributed by atoms with Gasteiger partial charge in [-0.3, -0.25) is 0 Å². The van der Waals surface area contributed by atoms with Crippen LogP contribution in [0, 0.1) is 0 Å². The quantitative estimate of drug-likeness (QED) is 0.140. The summed E-state index contributed by atoms with van der Waals surface area (Å²) >= 11 is 7.06. The molecule has 7 heteroatoms. The lowest BCUT2D eigenvalue weighted by Gasteiger charge is -2.46. The first-order valence-electron chi connectivity index (χ1n) is 35.6. The lowest BCUT2D eigenvalue weighted by Crippen LogP contribution is -2.37. The Morgan fingerprint density at radius 1 is 0.229 bits per heavy atom. The zero-order valence-corrected chi connectivity index (χ0v) is 60.5. The van der Waals surface area contributed by atoms with Crippen molar-refractivity contribution < 1.29 is 0 Å². The second kappa shape index (κ2) is 28.3. The molecule has 0 bridgehead atoms. The van der Waals surface area contributed by atoms with Crippen LogP contribution in [0.3, 0.4) is 0 Å². The van der Waals surface area contributed by atoms with Gasteiger partial charge in [0.2, 0.25) is 0 Å². The Bertz CT molecular complexity index is 5840. The highest BCUT2D eigenvalue weighted by Crippen LogP contribution is 2.58. The molecule has 4 heterocycles. The van der Waals surface area contributed by atoms with Gasteiger partial charge >= 0.3 is 0 Å². The normalized spacial score (nSPS) is 12.9. The lowest BCUT2D eigenvalue weighted by molar-refractivity contribution is 0.731. The Kier molecular flexibility index (Phi) is 17.5. The minimum absolute atomic E-state index is 0.332.